The summed E-state index contributed by atoms with van der Waals surface area (Å²) in [7, 11) is 1.62. The van der Waals surface area contributed by atoms with E-state index in [0.717, 1.165) is 17.7 Å². The van der Waals surface area contributed by atoms with Crippen LogP contribution in [0, 0.1) is 0 Å². The lowest BCUT2D eigenvalue weighted by atomic mass is 10.0. The second-order valence-electron chi connectivity index (χ2n) is 4.89. The first-order valence-electron chi connectivity index (χ1n) is 6.71. The van der Waals surface area contributed by atoms with Crippen LogP contribution in [0.5, 0.6) is 5.75 Å². The average molecular weight is 341 g/mol. The van der Waals surface area contributed by atoms with Gasteiger partial charge in [-0.05, 0) is 41.5 Å². The van der Waals surface area contributed by atoms with Gasteiger partial charge in [-0.25, -0.2) is 5.43 Å². The lowest BCUT2D eigenvalue weighted by Gasteiger charge is -2.16. The monoisotopic (exact) mass is 340 g/mol. The van der Waals surface area contributed by atoms with E-state index in [1.165, 1.54) is 21.1 Å². The summed E-state index contributed by atoms with van der Waals surface area (Å²) >= 11 is 9.94. The highest BCUT2D eigenvalue weighted by atomic mass is 35.5. The van der Waals surface area contributed by atoms with Crippen LogP contribution in [0.1, 0.15) is 26.9 Å². The van der Waals surface area contributed by atoms with Gasteiger partial charge in [0, 0.05) is 15.5 Å². The molecule has 3 nitrogen and oxygen atoms in total. The van der Waals surface area contributed by atoms with Gasteiger partial charge in [0.1, 0.15) is 5.75 Å². The maximum atomic E-state index is 6.10. The first kappa shape index (κ1) is 15.2. The number of thiophene rings is 1. The number of hydrogen-bond donors (Lipinski definition) is 2. The SMILES string of the molecule is COc1cc(C(NN)c2cc3c(s2)CCSC3)ccc1Cl. The Morgan fingerprint density at radius 2 is 2.24 bits per heavy atom. The first-order chi connectivity index (χ1) is 10.2. The van der Waals surface area contributed by atoms with E-state index in [1.54, 1.807) is 7.11 Å². The number of aryl methyl sites for hydroxylation is 1. The van der Waals surface area contributed by atoms with Crippen LogP contribution >= 0.6 is 34.7 Å². The molecule has 1 aliphatic heterocycles. The van der Waals surface area contributed by atoms with Crippen molar-refractivity contribution in [1.29, 1.82) is 0 Å². The molecule has 1 unspecified atom stereocenters. The molecule has 1 aromatic carbocycles. The number of thioether (sulfide) groups is 1. The van der Waals surface area contributed by atoms with Gasteiger partial charge in [0.25, 0.3) is 0 Å². The van der Waals surface area contributed by atoms with Crippen molar-refractivity contribution in [3.63, 3.8) is 0 Å². The molecule has 0 aliphatic carbocycles. The van der Waals surface area contributed by atoms with Crippen molar-refractivity contribution in [2.75, 3.05) is 12.9 Å². The Kier molecular flexibility index (Phi) is 4.76. The number of fused-ring (bicyclic) bond motifs is 1. The van der Waals surface area contributed by atoms with Crippen molar-refractivity contribution in [2.24, 2.45) is 5.84 Å². The molecule has 0 bridgehead atoms. The van der Waals surface area contributed by atoms with E-state index in [2.05, 4.69) is 11.5 Å². The van der Waals surface area contributed by atoms with Crippen LogP contribution in [-0.2, 0) is 12.2 Å². The predicted molar refractivity (Wildman–Crippen MR) is 91.4 cm³/mol. The molecule has 0 spiro atoms. The fourth-order valence-electron chi connectivity index (χ4n) is 2.51. The molecule has 112 valence electrons. The van der Waals surface area contributed by atoms with Crippen LogP contribution in [-0.4, -0.2) is 12.9 Å². The Labute approximate surface area is 137 Å². The van der Waals surface area contributed by atoms with Gasteiger partial charge < -0.3 is 4.74 Å². The molecule has 6 heteroatoms. The Bertz CT molecular complexity index is 621. The molecule has 2 aromatic rings. The van der Waals surface area contributed by atoms with E-state index < -0.39 is 0 Å². The summed E-state index contributed by atoms with van der Waals surface area (Å²) in [6, 6.07) is 8.03. The van der Waals surface area contributed by atoms with E-state index in [4.69, 9.17) is 22.2 Å². The van der Waals surface area contributed by atoms with Crippen molar-refractivity contribution < 1.29 is 4.74 Å². The van der Waals surface area contributed by atoms with Gasteiger partial charge in [0.15, 0.2) is 0 Å². The molecule has 1 aliphatic rings. The Hall–Kier alpha value is -0.720. The van der Waals surface area contributed by atoms with Crippen LogP contribution in [0.3, 0.4) is 0 Å². The fourth-order valence-corrected chi connectivity index (χ4v) is 5.17. The summed E-state index contributed by atoms with van der Waals surface area (Å²) in [4.78, 5) is 2.74. The minimum atomic E-state index is -0.0308. The second kappa shape index (κ2) is 6.58. The summed E-state index contributed by atoms with van der Waals surface area (Å²) in [5, 5.41) is 0.610. The van der Waals surface area contributed by atoms with Crippen LogP contribution < -0.4 is 16.0 Å². The van der Waals surface area contributed by atoms with Gasteiger partial charge in [0.05, 0.1) is 18.2 Å². The van der Waals surface area contributed by atoms with Crippen LogP contribution in [0.4, 0.5) is 0 Å². The number of ether oxygens (including phenoxy) is 1. The van der Waals surface area contributed by atoms with E-state index in [-0.39, 0.29) is 6.04 Å². The van der Waals surface area contributed by atoms with E-state index in [0.29, 0.717) is 10.8 Å². The predicted octanol–water partition coefficient (Wildman–Crippen LogP) is 3.75. The molecular formula is C15H17ClN2OS2. The quantitative estimate of drug-likeness (QED) is 0.657. The number of halogens is 1. The van der Waals surface area contributed by atoms with Gasteiger partial charge in [-0.1, -0.05) is 17.7 Å². The van der Waals surface area contributed by atoms with Crippen LogP contribution in [0.2, 0.25) is 5.02 Å². The van der Waals surface area contributed by atoms with Crippen molar-refractivity contribution in [3.8, 4) is 5.75 Å². The zero-order chi connectivity index (χ0) is 14.8. The molecule has 0 fully saturated rings. The molecular weight excluding hydrogens is 324 g/mol. The molecule has 1 atom stereocenters. The van der Waals surface area contributed by atoms with Gasteiger partial charge in [-0.2, -0.15) is 11.8 Å². The smallest absolute Gasteiger partial charge is 0.137 e. The van der Waals surface area contributed by atoms with Gasteiger partial charge in [-0.3, -0.25) is 5.84 Å². The molecule has 2 heterocycles. The summed E-state index contributed by atoms with van der Waals surface area (Å²) in [6.07, 6.45) is 1.16. The number of nitrogens with two attached hydrogens (primary N) is 1. The Morgan fingerprint density at radius 1 is 1.38 bits per heavy atom. The van der Waals surface area contributed by atoms with E-state index in [1.807, 2.05) is 41.3 Å². The summed E-state index contributed by atoms with van der Waals surface area (Å²) in [5.41, 5.74) is 5.43. The number of hydrogen-bond acceptors (Lipinski definition) is 5. The van der Waals surface area contributed by atoms with Crippen molar-refractivity contribution >= 4 is 34.7 Å². The van der Waals surface area contributed by atoms with Crippen molar-refractivity contribution in [1.82, 2.24) is 5.43 Å². The molecule has 0 amide bonds. The largest absolute Gasteiger partial charge is 0.495 e. The summed E-state index contributed by atoms with van der Waals surface area (Å²) in [6.45, 7) is 0. The zero-order valence-electron chi connectivity index (χ0n) is 11.7. The maximum Gasteiger partial charge on any atom is 0.137 e. The fraction of sp³-hybridized carbons (Fsp3) is 0.333. The molecule has 0 saturated heterocycles. The average Bonchev–Trinajstić information content (AvgIpc) is 2.93. The summed E-state index contributed by atoms with van der Waals surface area (Å²) in [5.74, 6) is 8.79. The number of nitrogens with one attached hydrogen (secondary N) is 1. The van der Waals surface area contributed by atoms with Gasteiger partial charge in [0.2, 0.25) is 0 Å². The number of rotatable bonds is 4. The van der Waals surface area contributed by atoms with Crippen LogP contribution in [0.25, 0.3) is 0 Å². The lowest BCUT2D eigenvalue weighted by Crippen LogP contribution is -2.28. The Balaban J connectivity index is 1.96. The second-order valence-corrected chi connectivity index (χ2v) is 7.57. The highest BCUT2D eigenvalue weighted by Crippen LogP contribution is 2.37. The third-order valence-corrected chi connectivity index (χ3v) is 6.23. The lowest BCUT2D eigenvalue weighted by molar-refractivity contribution is 0.414. The van der Waals surface area contributed by atoms with E-state index in [9.17, 15) is 0 Å². The summed E-state index contributed by atoms with van der Waals surface area (Å²) < 4.78 is 5.30. The molecule has 3 rings (SSSR count). The molecule has 0 radical (unpaired) electrons. The molecule has 3 N–H and O–H groups in total. The highest BCUT2D eigenvalue weighted by Gasteiger charge is 2.20. The number of methoxy groups -OCH3 is 1. The Morgan fingerprint density at radius 3 is 2.95 bits per heavy atom. The molecule has 1 aromatic heterocycles. The minimum Gasteiger partial charge on any atom is -0.495 e. The molecule has 21 heavy (non-hydrogen) atoms. The first-order valence-corrected chi connectivity index (χ1v) is 9.06. The maximum absolute atomic E-state index is 6.10. The van der Waals surface area contributed by atoms with Crippen molar-refractivity contribution in [3.05, 3.63) is 50.2 Å². The molecule has 0 saturated carbocycles. The third-order valence-electron chi connectivity index (χ3n) is 3.61. The van der Waals surface area contributed by atoms with E-state index >= 15 is 0 Å². The normalized spacial score (nSPS) is 15.6. The number of benzene rings is 1. The van der Waals surface area contributed by atoms with Gasteiger partial charge >= 0.3 is 0 Å². The van der Waals surface area contributed by atoms with Gasteiger partial charge in [-0.15, -0.1) is 11.3 Å². The minimum absolute atomic E-state index is 0.0308. The van der Waals surface area contributed by atoms with Crippen molar-refractivity contribution in [2.45, 2.75) is 18.2 Å². The zero-order valence-corrected chi connectivity index (χ0v) is 14.1. The highest BCUT2D eigenvalue weighted by molar-refractivity contribution is 7.98. The standard InChI is InChI=1S/C15H17ClN2OS2/c1-19-12-6-9(2-3-11(12)16)15(18-17)14-7-10-8-20-5-4-13(10)21-14/h2-3,6-7,15,18H,4-5,8,17H2,1H3. The number of hydrazine groups is 1. The van der Waals surface area contributed by atoms with Crippen LogP contribution in [0.15, 0.2) is 24.3 Å². The third kappa shape index (κ3) is 3.07. The topological polar surface area (TPSA) is 47.3 Å².